The zero-order valence-corrected chi connectivity index (χ0v) is 11.7. The quantitative estimate of drug-likeness (QED) is 0.617. The van der Waals surface area contributed by atoms with Crippen molar-refractivity contribution in [3.05, 3.63) is 60.4 Å². The van der Waals surface area contributed by atoms with Crippen molar-refractivity contribution in [2.24, 2.45) is 11.8 Å². The Morgan fingerprint density at radius 3 is 2.67 bits per heavy atom. The number of carbonyl (C=O) groups excluding carboxylic acids is 1. The Balaban J connectivity index is 1.69. The van der Waals surface area contributed by atoms with E-state index in [0.717, 1.165) is 17.4 Å². The molecule has 4 nitrogen and oxygen atoms in total. The largest absolute Gasteiger partial charge is 0.468 e. The lowest BCUT2D eigenvalue weighted by molar-refractivity contribution is -0.316. The number of benzene rings is 1. The van der Waals surface area contributed by atoms with Crippen LogP contribution in [0.5, 0.6) is 0 Å². The van der Waals surface area contributed by atoms with E-state index < -0.39 is 12.6 Å². The summed E-state index contributed by atoms with van der Waals surface area (Å²) in [5.74, 6) is 0.273. The monoisotopic (exact) mass is 286 g/mol. The maximum atomic E-state index is 10.8. The number of rotatable bonds is 5. The Morgan fingerprint density at radius 1 is 1.24 bits per heavy atom. The summed E-state index contributed by atoms with van der Waals surface area (Å²) < 4.78 is 17.2. The lowest BCUT2D eigenvalue weighted by Crippen LogP contribution is -2.51. The zero-order chi connectivity index (χ0) is 14.8. The summed E-state index contributed by atoms with van der Waals surface area (Å²) in [6, 6.07) is 9.89. The van der Waals surface area contributed by atoms with E-state index in [2.05, 4.69) is 13.2 Å². The van der Waals surface area contributed by atoms with Crippen LogP contribution < -0.4 is 0 Å². The smallest absolute Gasteiger partial charge is 0.209 e. The molecule has 3 aliphatic heterocycles. The van der Waals surface area contributed by atoms with Crippen LogP contribution in [0, 0.1) is 11.8 Å². The number of aldehydes is 1. The van der Waals surface area contributed by atoms with Crippen LogP contribution in [-0.4, -0.2) is 18.9 Å². The maximum Gasteiger partial charge on any atom is 0.209 e. The number of carbonyl (C=O) groups is 1. The first kappa shape index (κ1) is 14.0. The minimum absolute atomic E-state index is 0.116. The fraction of sp³-hybridized carbons (Fsp3) is 0.353. The van der Waals surface area contributed by atoms with Crippen LogP contribution in [0.2, 0.25) is 0 Å². The Morgan fingerprint density at radius 2 is 2.00 bits per heavy atom. The highest BCUT2D eigenvalue weighted by Gasteiger charge is 2.49. The molecule has 2 bridgehead atoms. The van der Waals surface area contributed by atoms with Gasteiger partial charge in [-0.25, -0.2) is 0 Å². The molecule has 0 unspecified atom stereocenters. The van der Waals surface area contributed by atoms with Crippen LogP contribution in [0.1, 0.15) is 12.0 Å². The van der Waals surface area contributed by atoms with Gasteiger partial charge in [-0.3, -0.25) is 0 Å². The highest BCUT2D eigenvalue weighted by Crippen LogP contribution is 2.46. The Labute approximate surface area is 124 Å². The molecule has 21 heavy (non-hydrogen) atoms. The van der Waals surface area contributed by atoms with E-state index in [-0.39, 0.29) is 11.8 Å². The molecular formula is C17H18O4. The van der Waals surface area contributed by atoms with Gasteiger partial charge in [-0.2, -0.15) is 0 Å². The van der Waals surface area contributed by atoms with Gasteiger partial charge in [0.05, 0.1) is 12.5 Å². The van der Waals surface area contributed by atoms with Gasteiger partial charge < -0.3 is 19.0 Å². The van der Waals surface area contributed by atoms with Crippen LogP contribution in [0.25, 0.3) is 0 Å². The van der Waals surface area contributed by atoms with Gasteiger partial charge in [-0.05, 0) is 5.56 Å². The molecule has 3 heterocycles. The molecule has 4 rings (SSSR count). The van der Waals surface area contributed by atoms with E-state index in [1.54, 1.807) is 0 Å². The van der Waals surface area contributed by atoms with Crippen LogP contribution >= 0.6 is 0 Å². The standard InChI is InChI=1S/C17H18O4/c1-11-14(8-9-18)16-20-12(2)15(11)17(21-16)19-10-13-6-4-3-5-7-13/h3-7,9,14-17H,1-2,8,10H2/t14-,15+,16-,17-/m1/s1. The SMILES string of the molecule is C=C1O[C@@H]2O[C@@H](OCc3ccccc3)[C@H]1C(=C)[C@H]2CC=O. The van der Waals surface area contributed by atoms with Crippen LogP contribution in [0.3, 0.4) is 0 Å². The van der Waals surface area contributed by atoms with Gasteiger partial charge in [0.1, 0.15) is 12.0 Å². The molecule has 4 heteroatoms. The van der Waals surface area contributed by atoms with E-state index in [1.807, 2.05) is 30.3 Å². The molecule has 0 amide bonds. The molecule has 4 atom stereocenters. The summed E-state index contributed by atoms with van der Waals surface area (Å²) in [5.41, 5.74) is 1.98. The molecule has 3 saturated heterocycles. The van der Waals surface area contributed by atoms with E-state index in [9.17, 15) is 4.79 Å². The van der Waals surface area contributed by atoms with Crippen LogP contribution in [0.4, 0.5) is 0 Å². The molecule has 0 spiro atoms. The predicted molar refractivity (Wildman–Crippen MR) is 76.9 cm³/mol. The lowest BCUT2D eigenvalue weighted by Gasteiger charge is -2.48. The van der Waals surface area contributed by atoms with Gasteiger partial charge in [-0.15, -0.1) is 0 Å². The van der Waals surface area contributed by atoms with Gasteiger partial charge in [0.2, 0.25) is 6.29 Å². The van der Waals surface area contributed by atoms with E-state index in [4.69, 9.17) is 14.2 Å². The topological polar surface area (TPSA) is 44.8 Å². The summed E-state index contributed by atoms with van der Waals surface area (Å²) in [6.45, 7) is 8.46. The van der Waals surface area contributed by atoms with E-state index in [1.165, 1.54) is 0 Å². The summed E-state index contributed by atoms with van der Waals surface area (Å²) in [4.78, 5) is 10.8. The second-order valence-corrected chi connectivity index (χ2v) is 5.32. The summed E-state index contributed by atoms with van der Waals surface area (Å²) in [6.07, 6.45) is 0.234. The number of hydrogen-bond donors (Lipinski definition) is 0. The van der Waals surface area contributed by atoms with Crippen molar-refractivity contribution >= 4 is 6.29 Å². The zero-order valence-electron chi connectivity index (χ0n) is 11.7. The third-order valence-electron chi connectivity index (χ3n) is 3.97. The minimum atomic E-state index is -0.527. The van der Waals surface area contributed by atoms with Crippen molar-refractivity contribution in [1.29, 1.82) is 0 Å². The molecule has 0 aliphatic carbocycles. The Kier molecular flexibility index (Phi) is 3.90. The van der Waals surface area contributed by atoms with Gasteiger partial charge in [0.25, 0.3) is 0 Å². The molecule has 1 aromatic carbocycles. The van der Waals surface area contributed by atoms with Crippen molar-refractivity contribution < 1.29 is 19.0 Å². The molecule has 0 aromatic heterocycles. The average molecular weight is 286 g/mol. The van der Waals surface area contributed by atoms with Crippen LogP contribution in [0.15, 0.2) is 54.8 Å². The minimum Gasteiger partial charge on any atom is -0.468 e. The molecule has 0 N–H and O–H groups in total. The molecule has 0 radical (unpaired) electrons. The first-order valence-electron chi connectivity index (χ1n) is 6.99. The molecule has 3 fully saturated rings. The van der Waals surface area contributed by atoms with Crippen LogP contribution in [-0.2, 0) is 25.6 Å². The first-order valence-corrected chi connectivity index (χ1v) is 6.99. The number of hydrogen-bond acceptors (Lipinski definition) is 4. The average Bonchev–Trinajstić information content (AvgIpc) is 2.49. The second-order valence-electron chi connectivity index (χ2n) is 5.32. The van der Waals surface area contributed by atoms with E-state index >= 15 is 0 Å². The Bertz CT molecular complexity index is 551. The maximum absolute atomic E-state index is 10.8. The van der Waals surface area contributed by atoms with Crippen molar-refractivity contribution in [2.45, 2.75) is 25.6 Å². The van der Waals surface area contributed by atoms with Gasteiger partial charge in [0.15, 0.2) is 6.29 Å². The van der Waals surface area contributed by atoms with Crippen molar-refractivity contribution in [1.82, 2.24) is 0 Å². The predicted octanol–water partition coefficient (Wildman–Crippen LogP) is 2.81. The lowest BCUT2D eigenvalue weighted by atomic mass is 9.80. The van der Waals surface area contributed by atoms with Crippen molar-refractivity contribution in [2.75, 3.05) is 0 Å². The molecule has 1 aromatic rings. The fourth-order valence-corrected chi connectivity index (χ4v) is 2.83. The second kappa shape index (κ2) is 5.84. The van der Waals surface area contributed by atoms with Gasteiger partial charge in [0, 0.05) is 12.3 Å². The van der Waals surface area contributed by atoms with Gasteiger partial charge in [-0.1, -0.05) is 49.1 Å². The molecule has 0 saturated carbocycles. The van der Waals surface area contributed by atoms with Gasteiger partial charge >= 0.3 is 0 Å². The van der Waals surface area contributed by atoms with E-state index in [0.29, 0.717) is 18.8 Å². The molecular weight excluding hydrogens is 268 g/mol. The van der Waals surface area contributed by atoms with Crippen molar-refractivity contribution in [3.8, 4) is 0 Å². The molecule has 110 valence electrons. The number of fused-ring (bicyclic) bond motifs is 3. The summed E-state index contributed by atoms with van der Waals surface area (Å²) in [5, 5.41) is 0. The Hall–Kier alpha value is -1.91. The first-order chi connectivity index (χ1) is 10.2. The highest BCUT2D eigenvalue weighted by molar-refractivity contribution is 5.51. The fourth-order valence-electron chi connectivity index (χ4n) is 2.83. The number of ether oxygens (including phenoxy) is 3. The third kappa shape index (κ3) is 2.64. The molecule has 3 aliphatic rings. The highest BCUT2D eigenvalue weighted by atomic mass is 16.8. The van der Waals surface area contributed by atoms with Crippen molar-refractivity contribution in [3.63, 3.8) is 0 Å². The third-order valence-corrected chi connectivity index (χ3v) is 3.97. The summed E-state index contributed by atoms with van der Waals surface area (Å²) >= 11 is 0. The normalized spacial score (nSPS) is 31.0. The summed E-state index contributed by atoms with van der Waals surface area (Å²) in [7, 11) is 0.